The lowest BCUT2D eigenvalue weighted by molar-refractivity contribution is -0.125. The molecule has 0 atom stereocenters. The van der Waals surface area contributed by atoms with E-state index in [-0.39, 0.29) is 5.91 Å². The maximum atomic E-state index is 11.6. The Morgan fingerprint density at radius 1 is 1.27 bits per heavy atom. The molecule has 1 amide bonds. The Labute approximate surface area is 91.2 Å². The second-order valence-electron chi connectivity index (χ2n) is 3.90. The van der Waals surface area contributed by atoms with Crippen molar-refractivity contribution in [1.82, 2.24) is 4.90 Å². The van der Waals surface area contributed by atoms with Gasteiger partial charge in [0.25, 0.3) is 0 Å². The van der Waals surface area contributed by atoms with E-state index in [0.717, 1.165) is 11.1 Å². The Morgan fingerprint density at radius 2 is 1.87 bits per heavy atom. The summed E-state index contributed by atoms with van der Waals surface area (Å²) in [5.74, 6) is 0.0545. The highest BCUT2D eigenvalue weighted by Gasteiger charge is 2.05. The smallest absolute Gasteiger partial charge is 0.246 e. The second-order valence-corrected chi connectivity index (χ2v) is 3.90. The summed E-state index contributed by atoms with van der Waals surface area (Å²) in [4.78, 5) is 13.3. The Morgan fingerprint density at radius 3 is 2.40 bits per heavy atom. The van der Waals surface area contributed by atoms with Crippen LogP contribution in [0.5, 0.6) is 0 Å². The number of likely N-dealkylation sites (N-methyl/N-ethyl adjacent to an activating group) is 1. The van der Waals surface area contributed by atoms with Gasteiger partial charge in [-0.15, -0.1) is 0 Å². The number of benzene rings is 1. The lowest BCUT2D eigenvalue weighted by Crippen LogP contribution is -2.24. The first kappa shape index (κ1) is 11.5. The largest absolute Gasteiger partial charge is 0.338 e. The zero-order valence-corrected chi connectivity index (χ0v) is 9.53. The van der Waals surface area contributed by atoms with E-state index in [2.05, 4.69) is 0 Å². The van der Waals surface area contributed by atoms with Crippen LogP contribution in [0.2, 0.25) is 0 Å². The third kappa shape index (κ3) is 3.98. The van der Waals surface area contributed by atoms with Gasteiger partial charge in [-0.3, -0.25) is 4.79 Å². The number of carbonyl (C=O) groups is 1. The minimum absolute atomic E-state index is 0.0545. The normalized spacial score (nSPS) is 9.53. The number of nitrogens with zero attached hydrogens (tertiary/aromatic N) is 1. The Hall–Kier alpha value is -1.57. The maximum Gasteiger partial charge on any atom is 0.246 e. The Bertz CT molecular complexity index is 350. The van der Waals surface area contributed by atoms with Crippen LogP contribution in [0, 0.1) is 0 Å². The Kier molecular flexibility index (Phi) is 4.10. The van der Waals surface area contributed by atoms with Crippen molar-refractivity contribution in [3.63, 3.8) is 0 Å². The van der Waals surface area contributed by atoms with Crippen molar-refractivity contribution in [2.45, 2.75) is 20.4 Å². The average Bonchev–Trinajstić information content (AvgIpc) is 2.18. The van der Waals surface area contributed by atoms with Gasteiger partial charge in [0.1, 0.15) is 0 Å². The second kappa shape index (κ2) is 5.35. The van der Waals surface area contributed by atoms with E-state index < -0.39 is 0 Å². The number of carbonyl (C=O) groups excluding carboxylic acids is 1. The van der Waals surface area contributed by atoms with Gasteiger partial charge in [0.05, 0.1) is 0 Å². The van der Waals surface area contributed by atoms with E-state index in [1.807, 2.05) is 51.2 Å². The van der Waals surface area contributed by atoms with Crippen LogP contribution in [0.1, 0.15) is 19.4 Å². The van der Waals surface area contributed by atoms with Gasteiger partial charge in [-0.2, -0.15) is 0 Å². The van der Waals surface area contributed by atoms with Crippen LogP contribution in [0.15, 0.2) is 42.0 Å². The lowest BCUT2D eigenvalue weighted by Gasteiger charge is -2.15. The molecule has 80 valence electrons. The predicted molar refractivity (Wildman–Crippen MR) is 62.3 cm³/mol. The summed E-state index contributed by atoms with van der Waals surface area (Å²) in [7, 11) is 1.81. The van der Waals surface area contributed by atoms with Crippen LogP contribution in [0.4, 0.5) is 0 Å². The lowest BCUT2D eigenvalue weighted by atomic mass is 10.2. The van der Waals surface area contributed by atoms with E-state index >= 15 is 0 Å². The fraction of sp³-hybridized carbons (Fsp3) is 0.308. The van der Waals surface area contributed by atoms with Crippen molar-refractivity contribution < 1.29 is 4.79 Å². The van der Waals surface area contributed by atoms with Gasteiger partial charge in [0.2, 0.25) is 5.91 Å². The molecule has 0 fully saturated rings. The van der Waals surface area contributed by atoms with Gasteiger partial charge in [-0.05, 0) is 19.4 Å². The number of allylic oxidation sites excluding steroid dienone is 1. The quantitative estimate of drug-likeness (QED) is 0.691. The molecule has 0 bridgehead atoms. The van der Waals surface area contributed by atoms with E-state index in [0.29, 0.717) is 6.54 Å². The number of rotatable bonds is 3. The molecule has 0 heterocycles. The summed E-state index contributed by atoms with van der Waals surface area (Å²) >= 11 is 0. The van der Waals surface area contributed by atoms with Gasteiger partial charge >= 0.3 is 0 Å². The van der Waals surface area contributed by atoms with E-state index in [9.17, 15) is 4.79 Å². The van der Waals surface area contributed by atoms with Crippen LogP contribution < -0.4 is 0 Å². The first-order valence-corrected chi connectivity index (χ1v) is 5.03. The molecular weight excluding hydrogens is 186 g/mol. The first-order chi connectivity index (χ1) is 7.09. The summed E-state index contributed by atoms with van der Waals surface area (Å²) in [5, 5.41) is 0. The van der Waals surface area contributed by atoms with Gasteiger partial charge < -0.3 is 4.90 Å². The number of hydrogen-bond donors (Lipinski definition) is 0. The van der Waals surface area contributed by atoms with Crippen molar-refractivity contribution in [2.75, 3.05) is 7.05 Å². The maximum absolute atomic E-state index is 11.6. The highest BCUT2D eigenvalue weighted by Crippen LogP contribution is 2.03. The summed E-state index contributed by atoms with van der Waals surface area (Å²) in [6.45, 7) is 4.51. The SMILES string of the molecule is CC(C)=CC(=O)N(C)Cc1ccccc1. The number of hydrogen-bond acceptors (Lipinski definition) is 1. The van der Waals surface area contributed by atoms with E-state index in [1.54, 1.807) is 11.0 Å². The molecule has 0 aliphatic rings. The first-order valence-electron chi connectivity index (χ1n) is 5.03. The summed E-state index contributed by atoms with van der Waals surface area (Å²) in [6, 6.07) is 9.98. The molecule has 2 nitrogen and oxygen atoms in total. The minimum atomic E-state index is 0.0545. The van der Waals surface area contributed by atoms with Crippen LogP contribution in [-0.4, -0.2) is 17.9 Å². The van der Waals surface area contributed by atoms with Gasteiger partial charge in [0.15, 0.2) is 0 Å². The number of amides is 1. The third-order valence-corrected chi connectivity index (χ3v) is 2.05. The summed E-state index contributed by atoms with van der Waals surface area (Å²) in [6.07, 6.45) is 1.66. The minimum Gasteiger partial charge on any atom is -0.338 e. The topological polar surface area (TPSA) is 20.3 Å². The molecule has 0 saturated carbocycles. The predicted octanol–water partition coefficient (Wildman–Crippen LogP) is 2.61. The zero-order valence-electron chi connectivity index (χ0n) is 9.53. The van der Waals surface area contributed by atoms with Gasteiger partial charge in [-0.1, -0.05) is 35.9 Å². The molecule has 0 radical (unpaired) electrons. The highest BCUT2D eigenvalue weighted by atomic mass is 16.2. The molecule has 0 N–H and O–H groups in total. The molecule has 1 aromatic carbocycles. The highest BCUT2D eigenvalue weighted by molar-refractivity contribution is 5.87. The standard InChI is InChI=1S/C13H17NO/c1-11(2)9-13(15)14(3)10-12-7-5-4-6-8-12/h4-9H,10H2,1-3H3. The van der Waals surface area contributed by atoms with Gasteiger partial charge in [0, 0.05) is 19.7 Å². The third-order valence-electron chi connectivity index (χ3n) is 2.05. The van der Waals surface area contributed by atoms with Crippen molar-refractivity contribution >= 4 is 5.91 Å². The van der Waals surface area contributed by atoms with E-state index in [4.69, 9.17) is 0 Å². The van der Waals surface area contributed by atoms with Crippen LogP contribution in [-0.2, 0) is 11.3 Å². The molecule has 0 spiro atoms. The summed E-state index contributed by atoms with van der Waals surface area (Å²) in [5.41, 5.74) is 2.18. The Balaban J connectivity index is 2.60. The molecule has 0 aromatic heterocycles. The molecule has 0 unspecified atom stereocenters. The van der Waals surface area contributed by atoms with Crippen molar-refractivity contribution in [1.29, 1.82) is 0 Å². The van der Waals surface area contributed by atoms with Crippen LogP contribution in [0.3, 0.4) is 0 Å². The molecule has 0 aliphatic carbocycles. The molecule has 15 heavy (non-hydrogen) atoms. The average molecular weight is 203 g/mol. The molecule has 0 saturated heterocycles. The molecular formula is C13H17NO. The summed E-state index contributed by atoms with van der Waals surface area (Å²) < 4.78 is 0. The molecule has 0 aliphatic heterocycles. The molecule has 1 rings (SSSR count). The van der Waals surface area contributed by atoms with Gasteiger partial charge in [-0.25, -0.2) is 0 Å². The molecule has 1 aromatic rings. The van der Waals surface area contributed by atoms with E-state index in [1.165, 1.54) is 0 Å². The monoisotopic (exact) mass is 203 g/mol. The fourth-order valence-corrected chi connectivity index (χ4v) is 1.29. The van der Waals surface area contributed by atoms with Crippen LogP contribution in [0.25, 0.3) is 0 Å². The zero-order chi connectivity index (χ0) is 11.3. The van der Waals surface area contributed by atoms with Crippen molar-refractivity contribution in [3.05, 3.63) is 47.5 Å². The van der Waals surface area contributed by atoms with Crippen molar-refractivity contribution in [2.24, 2.45) is 0 Å². The van der Waals surface area contributed by atoms with Crippen molar-refractivity contribution in [3.8, 4) is 0 Å². The molecule has 2 heteroatoms. The fourth-order valence-electron chi connectivity index (χ4n) is 1.29. The van der Waals surface area contributed by atoms with Crippen LogP contribution >= 0.6 is 0 Å².